The number of carbonyl (C=O) groups excluding carboxylic acids is 3. The van der Waals surface area contributed by atoms with Gasteiger partial charge in [0.05, 0.1) is 46.6 Å². The van der Waals surface area contributed by atoms with Gasteiger partial charge in [-0.1, -0.05) is 90.6 Å². The summed E-state index contributed by atoms with van der Waals surface area (Å²) in [6.07, 6.45) is 12.3. The van der Waals surface area contributed by atoms with E-state index in [4.69, 9.17) is 56.0 Å². The molecule has 112 heavy (non-hydrogen) atoms. The number of pyridine rings is 10. The molecule has 12 aromatic heterocycles. The van der Waals surface area contributed by atoms with Crippen LogP contribution in [0.5, 0.6) is 0 Å². The summed E-state index contributed by atoms with van der Waals surface area (Å²) < 4.78 is 45.4. The van der Waals surface area contributed by atoms with Gasteiger partial charge in [0.15, 0.2) is 11.3 Å². The molecule has 1 unspecified atom stereocenters. The number of halogens is 8. The van der Waals surface area contributed by atoms with Crippen molar-refractivity contribution < 1.29 is 37.0 Å². The molecule has 0 saturated carbocycles. The van der Waals surface area contributed by atoms with Crippen molar-refractivity contribution in [3.63, 3.8) is 0 Å². The number of amides is 1. The number of aromatic nitrogens is 14. The van der Waals surface area contributed by atoms with Gasteiger partial charge in [-0.05, 0) is 188 Å². The third-order valence-electron chi connectivity index (χ3n) is 17.2. The van der Waals surface area contributed by atoms with Crippen molar-refractivity contribution in [1.82, 2.24) is 85.9 Å². The SMILES string of the molecule is COB=NC(C)C[C@@H]1CCCNC1.CON(C)C(=O)c1cccnc1F.Cc1ccc(Cl)nc1-c1[nH]nc2ncccc12.Cc1ccc(Cl)nc1C(=O)c1cccnc1F.Cc1ccc(Cl)nc1C(=O)c1cccnc1F.Cc1ccc(Cl)nc1I.Cc1ccc(N2CCN[C@@H](CC(C)C)C2)nc1-c1[nH]nc2ncccc12. The molecule has 24 nitrogen and oxygen atoms in total. The normalized spacial score (nSPS) is 13.8. The first-order chi connectivity index (χ1) is 53.7. The van der Waals surface area contributed by atoms with Gasteiger partial charge in [-0.3, -0.25) is 29.4 Å². The molecule has 3 atom stereocenters. The molecule has 2 saturated heterocycles. The maximum Gasteiger partial charge on any atom is 0.281 e. The summed E-state index contributed by atoms with van der Waals surface area (Å²) >= 11 is 25.1. The second kappa shape index (κ2) is 43.9. The third kappa shape index (κ3) is 25.7. The van der Waals surface area contributed by atoms with Crippen LogP contribution < -0.4 is 15.5 Å². The number of aryl methyl sites for hydroxylation is 5. The van der Waals surface area contributed by atoms with Gasteiger partial charge in [0.25, 0.3) is 5.91 Å². The Balaban J connectivity index is 0.000000167. The Hall–Kier alpha value is -9.73. The number of piperidine rings is 1. The van der Waals surface area contributed by atoms with Crippen LogP contribution in [0.15, 0.2) is 157 Å². The first-order valence-corrected chi connectivity index (χ1v) is 38.1. The number of hydroxylamine groups is 2. The first-order valence-electron chi connectivity index (χ1n) is 35.5. The second-order valence-corrected chi connectivity index (χ2v) is 28.7. The van der Waals surface area contributed by atoms with E-state index in [1.165, 1.54) is 107 Å². The number of rotatable bonds is 15. The smallest absolute Gasteiger partial charge is 0.281 e. The molecule has 0 bridgehead atoms. The van der Waals surface area contributed by atoms with Gasteiger partial charge in [-0.25, -0.2) is 54.9 Å². The van der Waals surface area contributed by atoms with E-state index in [1.54, 1.807) is 77.0 Å². The van der Waals surface area contributed by atoms with Crippen LogP contribution in [0.4, 0.5) is 19.0 Å². The number of fused-ring (bicyclic) bond motifs is 2. The number of hydrogen-bond donors (Lipinski definition) is 4. The summed E-state index contributed by atoms with van der Waals surface area (Å²) in [5, 5.41) is 25.9. The van der Waals surface area contributed by atoms with Crippen LogP contribution in [0.2, 0.25) is 20.6 Å². The molecule has 4 N–H and O–H groups in total. The average Bonchev–Trinajstić information content (AvgIpc) is 1.61. The second-order valence-electron chi connectivity index (χ2n) is 26.1. The zero-order chi connectivity index (χ0) is 81.0. The number of nitrogens with zero attached hydrogens (tertiary/aromatic N) is 15. The molecule has 14 rings (SSSR count). The Morgan fingerprint density at radius 2 is 1.05 bits per heavy atom. The van der Waals surface area contributed by atoms with E-state index in [2.05, 4.69) is 153 Å². The zero-order valence-electron chi connectivity index (χ0n) is 63.5. The molecular formula is C79H84BCl4F3IN19O5. The fourth-order valence-electron chi connectivity index (χ4n) is 11.5. The van der Waals surface area contributed by atoms with Gasteiger partial charge in [-0.2, -0.15) is 23.4 Å². The van der Waals surface area contributed by atoms with E-state index in [9.17, 15) is 27.6 Å². The number of ketones is 2. The fraction of sp³-hybridized carbons (Fsp3) is 0.304. The van der Waals surface area contributed by atoms with Crippen molar-refractivity contribution in [3.8, 4) is 22.8 Å². The van der Waals surface area contributed by atoms with E-state index in [0.29, 0.717) is 45.1 Å². The minimum Gasteiger partial charge on any atom is -0.354 e. The standard InChI is InChI=1S/C20H26N6.2C12H8ClFN2O.C12H9ClN4.C9H19BN2O.C8H9FN2O2.C6H5ClIN/c1-13(2)11-15-12-26(10-9-21-15)17-7-6-14(3)18(23-17)19-16-5-4-8-22-20(16)25-24-19;2*1-7-4-5-9(13)16-10(7)11(17)8-3-2-6-15-12(8)14;1-7-4-5-9(13)15-10(7)11-8-3-2-6-14-12(8)17-16-11;1-8(12-10-13-2)6-9-4-3-5-11-7-9;1-11(13-2)8(12)6-4-3-5-10-7(6)9;1-4-2-3-5(7)9-6(4)8/h4-8,13,15,21H,9-12H2,1-3H3,(H,22,24,25);2*2-6H,1H3;2-6H,1H3,(H,14,16,17);8-9,11H,3-7H2,1-2H3;3-5H,1-2H3;2-3H,1H3/t15-;;;;8?,9-;;/m0...0../s1. The van der Waals surface area contributed by atoms with E-state index < -0.39 is 35.3 Å². The van der Waals surface area contributed by atoms with Crippen LogP contribution in [0.1, 0.15) is 117 Å². The summed E-state index contributed by atoms with van der Waals surface area (Å²) in [4.78, 5) is 86.5. The Labute approximate surface area is 681 Å². The molecule has 12 aromatic rings. The molecule has 0 aliphatic carbocycles. The van der Waals surface area contributed by atoms with Gasteiger partial charge in [0.1, 0.15) is 41.5 Å². The van der Waals surface area contributed by atoms with Crippen LogP contribution in [0.25, 0.3) is 44.8 Å². The summed E-state index contributed by atoms with van der Waals surface area (Å²) in [5.41, 5.74) is 9.58. The Morgan fingerprint density at radius 3 is 1.53 bits per heavy atom. The molecule has 1 amide bonds. The van der Waals surface area contributed by atoms with Crippen LogP contribution in [0, 0.1) is 68.0 Å². The van der Waals surface area contributed by atoms with Crippen molar-refractivity contribution in [3.05, 3.63) is 250 Å². The molecule has 584 valence electrons. The Kier molecular flexibility index (Phi) is 34.4. The van der Waals surface area contributed by atoms with Gasteiger partial charge in [0.2, 0.25) is 29.4 Å². The third-order valence-corrected chi connectivity index (χ3v) is 19.2. The van der Waals surface area contributed by atoms with Gasteiger partial charge < -0.3 is 10.2 Å². The Bertz CT molecular complexity index is 5060. The quantitative estimate of drug-likeness (QED) is 0.0244. The monoisotopic (exact) mass is 1710 g/mol. The number of hydrogen-bond acceptors (Lipinski definition) is 21. The molecule has 2 fully saturated rings. The predicted molar refractivity (Wildman–Crippen MR) is 440 cm³/mol. The van der Waals surface area contributed by atoms with Crippen LogP contribution >= 0.6 is 69.0 Å². The molecule has 14 heterocycles. The van der Waals surface area contributed by atoms with Crippen molar-refractivity contribution in [2.75, 3.05) is 58.9 Å². The van der Waals surface area contributed by atoms with E-state index >= 15 is 0 Å². The maximum atomic E-state index is 13.4. The number of nitrogens with one attached hydrogen (secondary N) is 4. The van der Waals surface area contributed by atoms with Gasteiger partial charge >= 0.3 is 80.5 Å². The van der Waals surface area contributed by atoms with Crippen LogP contribution in [-0.4, -0.2) is 166 Å². The van der Waals surface area contributed by atoms with Crippen molar-refractivity contribution in [1.29, 1.82) is 0 Å². The zero-order valence-corrected chi connectivity index (χ0v) is 68.6. The average molecular weight is 1720 g/mol. The van der Waals surface area contributed by atoms with Crippen molar-refractivity contribution in [2.24, 2.45) is 16.7 Å². The van der Waals surface area contributed by atoms with E-state index in [1.807, 2.05) is 50.2 Å². The summed E-state index contributed by atoms with van der Waals surface area (Å²) in [7, 11) is 5.90. The molecular weight excluding hydrogens is 1630 g/mol. The Morgan fingerprint density at radius 1 is 0.589 bits per heavy atom. The van der Waals surface area contributed by atoms with E-state index in [-0.39, 0.29) is 38.4 Å². The van der Waals surface area contributed by atoms with Crippen LogP contribution in [0.3, 0.4) is 0 Å². The maximum absolute atomic E-state index is 13.4. The van der Waals surface area contributed by atoms with Gasteiger partial charge in [-0.15, -0.1) is 0 Å². The number of carbonyl (C=O) groups is 3. The minimum atomic E-state index is -0.807. The van der Waals surface area contributed by atoms with Crippen molar-refractivity contribution >= 4 is 122 Å². The van der Waals surface area contributed by atoms with Crippen LogP contribution in [-0.2, 0) is 9.49 Å². The predicted octanol–water partition coefficient (Wildman–Crippen LogP) is 16.5. The molecule has 0 spiro atoms. The minimum absolute atomic E-state index is 0.105. The summed E-state index contributed by atoms with van der Waals surface area (Å²) in [6, 6.07) is 35.5. The molecule has 2 aliphatic heterocycles. The van der Waals surface area contributed by atoms with Gasteiger partial charge in [0, 0.05) is 74.5 Å². The molecule has 0 aromatic carbocycles. The topological polar surface area (TPSA) is 299 Å². The molecule has 2 aliphatic rings. The fourth-order valence-corrected chi connectivity index (χ4v) is 12.6. The summed E-state index contributed by atoms with van der Waals surface area (Å²) in [6.45, 7) is 21.5. The van der Waals surface area contributed by atoms with Crippen molar-refractivity contribution in [2.45, 2.75) is 93.2 Å². The number of H-pyrrole nitrogens is 2. The number of anilines is 1. The van der Waals surface area contributed by atoms with E-state index in [0.717, 1.165) is 97.0 Å². The summed E-state index contributed by atoms with van der Waals surface area (Å²) in [5.74, 6) is -1.48. The molecule has 0 radical (unpaired) electrons. The number of aromatic amines is 2. The first kappa shape index (κ1) is 87.8. The molecule has 33 heteroatoms. The largest absolute Gasteiger partial charge is 0.354 e. The number of piperazine rings is 1.